The van der Waals surface area contributed by atoms with Crippen LogP contribution < -0.4 is 0 Å². The minimum atomic E-state index is 0.632. The van der Waals surface area contributed by atoms with Crippen LogP contribution in [0.25, 0.3) is 0 Å². The highest BCUT2D eigenvalue weighted by Crippen LogP contribution is 2.12. The van der Waals surface area contributed by atoms with Crippen molar-refractivity contribution in [1.29, 1.82) is 0 Å². The summed E-state index contributed by atoms with van der Waals surface area (Å²) in [7, 11) is 0. The minimum Gasteiger partial charge on any atom is -0.258 e. The van der Waals surface area contributed by atoms with Crippen molar-refractivity contribution in [3.63, 3.8) is 0 Å². The number of pyridine rings is 1. The highest BCUT2D eigenvalue weighted by Gasteiger charge is 2.04. The first-order chi connectivity index (χ1) is 9.26. The molecule has 0 fully saturated rings. The van der Waals surface area contributed by atoms with Crippen LogP contribution in [0.3, 0.4) is 0 Å². The second-order valence-corrected chi connectivity index (χ2v) is 5.34. The first kappa shape index (κ1) is 15.7. The Balaban J connectivity index is 2.38. The van der Waals surface area contributed by atoms with Crippen LogP contribution >= 0.6 is 0 Å². The molecule has 0 spiro atoms. The summed E-state index contributed by atoms with van der Waals surface area (Å²) in [5, 5.41) is 0. The van der Waals surface area contributed by atoms with Crippen LogP contribution in [0.5, 0.6) is 0 Å². The molecule has 0 saturated heterocycles. The van der Waals surface area contributed by atoms with Crippen molar-refractivity contribution in [2.24, 2.45) is 5.92 Å². The molecule has 0 amide bonds. The van der Waals surface area contributed by atoms with Gasteiger partial charge in [-0.25, -0.2) is 0 Å². The van der Waals surface area contributed by atoms with Gasteiger partial charge in [0.2, 0.25) is 0 Å². The number of hydrogen-bond donors (Lipinski definition) is 0. The SMILES string of the molecule is C=CCCCCCc1cccc(C[C@H](C)CC=C)n1. The Bertz CT molecular complexity index is 381. The number of hydrogen-bond acceptors (Lipinski definition) is 1. The Morgan fingerprint density at radius 2 is 1.89 bits per heavy atom. The minimum absolute atomic E-state index is 0.632. The molecule has 0 unspecified atom stereocenters. The van der Waals surface area contributed by atoms with Gasteiger partial charge in [0.15, 0.2) is 0 Å². The van der Waals surface area contributed by atoms with Gasteiger partial charge in [-0.05, 0) is 56.6 Å². The fourth-order valence-electron chi connectivity index (χ4n) is 2.28. The van der Waals surface area contributed by atoms with Crippen molar-refractivity contribution >= 4 is 0 Å². The van der Waals surface area contributed by atoms with Gasteiger partial charge in [0.05, 0.1) is 0 Å². The van der Waals surface area contributed by atoms with Crippen LogP contribution in [0.2, 0.25) is 0 Å². The van der Waals surface area contributed by atoms with Crippen molar-refractivity contribution < 1.29 is 0 Å². The summed E-state index contributed by atoms with van der Waals surface area (Å²) in [4.78, 5) is 4.76. The largest absolute Gasteiger partial charge is 0.258 e. The van der Waals surface area contributed by atoms with Crippen LogP contribution in [0, 0.1) is 5.92 Å². The molecule has 1 aromatic rings. The van der Waals surface area contributed by atoms with Crippen LogP contribution in [-0.2, 0) is 12.8 Å². The summed E-state index contributed by atoms with van der Waals surface area (Å²) in [6.07, 6.45) is 12.1. The maximum absolute atomic E-state index is 4.76. The van der Waals surface area contributed by atoms with E-state index in [1.54, 1.807) is 0 Å². The summed E-state index contributed by atoms with van der Waals surface area (Å²) in [5.74, 6) is 0.632. The molecule has 0 N–H and O–H groups in total. The van der Waals surface area contributed by atoms with Gasteiger partial charge < -0.3 is 0 Å². The number of nitrogens with zero attached hydrogens (tertiary/aromatic N) is 1. The number of aromatic nitrogens is 1. The van der Waals surface area contributed by atoms with Crippen LogP contribution in [0.4, 0.5) is 0 Å². The Labute approximate surface area is 118 Å². The van der Waals surface area contributed by atoms with Gasteiger partial charge in [0.1, 0.15) is 0 Å². The zero-order valence-corrected chi connectivity index (χ0v) is 12.3. The first-order valence-corrected chi connectivity index (χ1v) is 7.43. The normalized spacial score (nSPS) is 12.1. The molecular formula is C18H27N. The summed E-state index contributed by atoms with van der Waals surface area (Å²) in [6.45, 7) is 9.80. The summed E-state index contributed by atoms with van der Waals surface area (Å²) < 4.78 is 0. The van der Waals surface area contributed by atoms with Crippen LogP contribution in [0.15, 0.2) is 43.5 Å². The first-order valence-electron chi connectivity index (χ1n) is 7.43. The van der Waals surface area contributed by atoms with E-state index in [2.05, 4.69) is 38.3 Å². The molecule has 1 heteroatoms. The molecule has 1 atom stereocenters. The predicted octanol–water partition coefficient (Wildman–Crippen LogP) is 5.13. The second-order valence-electron chi connectivity index (χ2n) is 5.34. The number of rotatable bonds is 10. The summed E-state index contributed by atoms with van der Waals surface area (Å²) in [6, 6.07) is 6.43. The molecule has 0 aliphatic rings. The average molecular weight is 257 g/mol. The highest BCUT2D eigenvalue weighted by molar-refractivity contribution is 5.12. The lowest BCUT2D eigenvalue weighted by Gasteiger charge is -2.09. The van der Waals surface area contributed by atoms with Gasteiger partial charge in [-0.2, -0.15) is 0 Å². The van der Waals surface area contributed by atoms with E-state index in [-0.39, 0.29) is 0 Å². The molecule has 0 aliphatic carbocycles. The standard InChI is InChI=1S/C18H27N/c1-4-6-7-8-9-12-17-13-10-14-18(19-17)15-16(3)11-5-2/h4-5,10,13-14,16H,1-2,6-9,11-12,15H2,3H3/t16-/m1/s1. The van der Waals surface area contributed by atoms with Gasteiger partial charge in [-0.3, -0.25) is 4.98 Å². The molecule has 0 saturated carbocycles. The van der Waals surface area contributed by atoms with Crippen LogP contribution in [-0.4, -0.2) is 4.98 Å². The lowest BCUT2D eigenvalue weighted by Crippen LogP contribution is -2.02. The van der Waals surface area contributed by atoms with E-state index in [0.717, 1.165) is 25.7 Å². The quantitative estimate of drug-likeness (QED) is 0.418. The zero-order chi connectivity index (χ0) is 13.9. The van der Waals surface area contributed by atoms with E-state index in [1.807, 2.05) is 12.2 Å². The van der Waals surface area contributed by atoms with E-state index in [1.165, 1.54) is 30.7 Å². The van der Waals surface area contributed by atoms with Crippen LogP contribution in [0.1, 0.15) is 50.4 Å². The van der Waals surface area contributed by atoms with Crippen molar-refractivity contribution in [3.8, 4) is 0 Å². The number of allylic oxidation sites excluding steroid dienone is 2. The molecule has 1 rings (SSSR count). The molecular weight excluding hydrogens is 230 g/mol. The number of aryl methyl sites for hydroxylation is 1. The topological polar surface area (TPSA) is 12.9 Å². The molecule has 0 aromatic carbocycles. The van der Waals surface area contributed by atoms with Gasteiger partial charge >= 0.3 is 0 Å². The fourth-order valence-corrected chi connectivity index (χ4v) is 2.28. The van der Waals surface area contributed by atoms with Crippen molar-refractivity contribution in [2.45, 2.75) is 51.9 Å². The van der Waals surface area contributed by atoms with Gasteiger partial charge in [-0.15, -0.1) is 13.2 Å². The predicted molar refractivity (Wildman–Crippen MR) is 84.3 cm³/mol. The third-order valence-corrected chi connectivity index (χ3v) is 3.33. The van der Waals surface area contributed by atoms with E-state index < -0.39 is 0 Å². The van der Waals surface area contributed by atoms with Gasteiger partial charge in [-0.1, -0.05) is 31.6 Å². The average Bonchev–Trinajstić information content (AvgIpc) is 2.39. The lowest BCUT2D eigenvalue weighted by atomic mass is 10.0. The second kappa shape index (κ2) is 9.55. The summed E-state index contributed by atoms with van der Waals surface area (Å²) >= 11 is 0. The molecule has 1 heterocycles. The third kappa shape index (κ3) is 6.95. The van der Waals surface area contributed by atoms with Gasteiger partial charge in [0, 0.05) is 11.4 Å². The lowest BCUT2D eigenvalue weighted by molar-refractivity contribution is 0.578. The van der Waals surface area contributed by atoms with Crippen molar-refractivity contribution in [2.75, 3.05) is 0 Å². The van der Waals surface area contributed by atoms with Gasteiger partial charge in [0.25, 0.3) is 0 Å². The Morgan fingerprint density at radius 1 is 1.11 bits per heavy atom. The Kier molecular flexibility index (Phi) is 7.88. The molecule has 19 heavy (non-hydrogen) atoms. The van der Waals surface area contributed by atoms with E-state index in [4.69, 9.17) is 4.98 Å². The third-order valence-electron chi connectivity index (χ3n) is 3.33. The molecule has 0 aliphatic heterocycles. The Morgan fingerprint density at radius 3 is 2.63 bits per heavy atom. The molecule has 1 nitrogen and oxygen atoms in total. The van der Waals surface area contributed by atoms with E-state index in [9.17, 15) is 0 Å². The van der Waals surface area contributed by atoms with E-state index >= 15 is 0 Å². The maximum atomic E-state index is 4.76. The smallest absolute Gasteiger partial charge is 0.0409 e. The maximum Gasteiger partial charge on any atom is 0.0409 e. The molecule has 104 valence electrons. The monoisotopic (exact) mass is 257 g/mol. The van der Waals surface area contributed by atoms with Crippen molar-refractivity contribution in [3.05, 3.63) is 54.9 Å². The molecule has 0 radical (unpaired) electrons. The molecule has 0 bridgehead atoms. The molecule has 1 aromatic heterocycles. The fraction of sp³-hybridized carbons (Fsp3) is 0.500. The van der Waals surface area contributed by atoms with E-state index in [0.29, 0.717) is 5.92 Å². The summed E-state index contributed by atoms with van der Waals surface area (Å²) in [5.41, 5.74) is 2.46. The Hall–Kier alpha value is -1.37. The number of unbranched alkanes of at least 4 members (excludes halogenated alkanes) is 3. The highest BCUT2D eigenvalue weighted by atomic mass is 14.7. The zero-order valence-electron chi connectivity index (χ0n) is 12.3. The van der Waals surface area contributed by atoms with Crippen molar-refractivity contribution in [1.82, 2.24) is 4.98 Å².